The molecule has 0 bridgehead atoms. The number of hydrogen-bond donors (Lipinski definition) is 1. The van der Waals surface area contributed by atoms with E-state index in [1.54, 1.807) is 23.2 Å². The van der Waals surface area contributed by atoms with Gasteiger partial charge in [0.2, 0.25) is 0 Å². The zero-order chi connectivity index (χ0) is 25.0. The largest absolute Gasteiger partial charge is 0.484 e. The van der Waals surface area contributed by atoms with Crippen LogP contribution in [-0.4, -0.2) is 55.8 Å². The molecule has 0 unspecified atom stereocenters. The Morgan fingerprint density at radius 3 is 2.28 bits per heavy atom. The fourth-order valence-electron chi connectivity index (χ4n) is 3.54. The normalized spacial score (nSPS) is 13.5. The maximum Gasteiger partial charge on any atom is 0.271 e. The molecule has 8 heteroatoms. The van der Waals surface area contributed by atoms with Gasteiger partial charge < -0.3 is 14.4 Å². The Morgan fingerprint density at radius 2 is 1.58 bits per heavy atom. The number of carbonyl (C=O) groups excluding carboxylic acids is 2. The smallest absolute Gasteiger partial charge is 0.271 e. The van der Waals surface area contributed by atoms with Crippen LogP contribution in [0.15, 0.2) is 84.0 Å². The minimum absolute atomic E-state index is 0.00596. The first-order chi connectivity index (χ1) is 17.7. The number of amides is 2. The summed E-state index contributed by atoms with van der Waals surface area (Å²) >= 11 is 1.84. The van der Waals surface area contributed by atoms with Crippen molar-refractivity contribution in [2.75, 3.05) is 32.9 Å². The van der Waals surface area contributed by atoms with Gasteiger partial charge in [0.1, 0.15) is 5.75 Å². The van der Waals surface area contributed by atoms with E-state index in [-0.39, 0.29) is 18.4 Å². The van der Waals surface area contributed by atoms with Crippen LogP contribution >= 0.6 is 11.8 Å². The predicted octanol–water partition coefficient (Wildman–Crippen LogP) is 4.12. The maximum atomic E-state index is 12.4. The Balaban J connectivity index is 1.18. The van der Waals surface area contributed by atoms with Crippen LogP contribution in [0.25, 0.3) is 0 Å². The fraction of sp³-hybridized carbons (Fsp3) is 0.250. The van der Waals surface area contributed by atoms with Crippen molar-refractivity contribution in [3.05, 3.63) is 101 Å². The van der Waals surface area contributed by atoms with Gasteiger partial charge in [0.05, 0.1) is 19.4 Å². The standard InChI is InChI=1S/C28H29N3O4S/c32-27(31-14-16-34-17-15-31)19-35-26-12-8-22(9-13-26)18-29-30-28(33)25-10-6-24(7-11-25)21-36-20-23-4-2-1-3-5-23/h1-13,18H,14-17,19-21H2,(H,30,33)/b29-18-. The Bertz CT molecular complexity index is 1150. The van der Waals surface area contributed by atoms with Crippen LogP contribution in [0.3, 0.4) is 0 Å². The molecule has 7 nitrogen and oxygen atoms in total. The zero-order valence-electron chi connectivity index (χ0n) is 20.0. The Hall–Kier alpha value is -3.62. The molecular formula is C28H29N3O4S. The number of ether oxygens (including phenoxy) is 2. The van der Waals surface area contributed by atoms with E-state index >= 15 is 0 Å². The molecule has 4 rings (SSSR count). The third-order valence-corrected chi connectivity index (χ3v) is 6.66. The molecule has 2 amide bonds. The summed E-state index contributed by atoms with van der Waals surface area (Å²) in [6.45, 7) is 2.32. The van der Waals surface area contributed by atoms with Crippen molar-refractivity contribution in [3.8, 4) is 5.75 Å². The lowest BCUT2D eigenvalue weighted by Crippen LogP contribution is -2.42. The van der Waals surface area contributed by atoms with Crippen LogP contribution in [0, 0.1) is 0 Å². The molecule has 0 spiro atoms. The topological polar surface area (TPSA) is 80.2 Å². The second-order valence-electron chi connectivity index (χ2n) is 8.23. The van der Waals surface area contributed by atoms with Gasteiger partial charge in [0, 0.05) is 30.2 Å². The predicted molar refractivity (Wildman–Crippen MR) is 142 cm³/mol. The van der Waals surface area contributed by atoms with Crippen LogP contribution in [0.1, 0.15) is 27.0 Å². The molecule has 1 saturated heterocycles. The highest BCUT2D eigenvalue weighted by Crippen LogP contribution is 2.18. The van der Waals surface area contributed by atoms with E-state index in [2.05, 4.69) is 22.7 Å². The number of thioether (sulfide) groups is 1. The molecule has 1 aliphatic heterocycles. The van der Waals surface area contributed by atoms with Crippen LogP contribution < -0.4 is 10.2 Å². The third-order valence-electron chi connectivity index (χ3n) is 5.58. The molecule has 1 heterocycles. The Labute approximate surface area is 215 Å². The fourth-order valence-corrected chi connectivity index (χ4v) is 4.50. The SMILES string of the molecule is O=C(N/N=C\c1ccc(OCC(=O)N2CCOCC2)cc1)c1ccc(CSCc2ccccc2)cc1. The highest BCUT2D eigenvalue weighted by Gasteiger charge is 2.17. The Morgan fingerprint density at radius 1 is 0.917 bits per heavy atom. The van der Waals surface area contributed by atoms with E-state index in [1.165, 1.54) is 11.1 Å². The monoisotopic (exact) mass is 503 g/mol. The highest BCUT2D eigenvalue weighted by molar-refractivity contribution is 7.97. The van der Waals surface area contributed by atoms with Gasteiger partial charge in [0.15, 0.2) is 6.61 Å². The van der Waals surface area contributed by atoms with Crippen molar-refractivity contribution in [1.29, 1.82) is 0 Å². The molecule has 186 valence electrons. The second-order valence-corrected chi connectivity index (χ2v) is 9.21. The second kappa shape index (κ2) is 13.5. The molecule has 0 aliphatic carbocycles. The van der Waals surface area contributed by atoms with E-state index in [4.69, 9.17) is 9.47 Å². The van der Waals surface area contributed by atoms with E-state index in [0.717, 1.165) is 17.1 Å². The van der Waals surface area contributed by atoms with Crippen LogP contribution in [0.5, 0.6) is 5.75 Å². The summed E-state index contributed by atoms with van der Waals surface area (Å²) in [6.07, 6.45) is 1.56. The molecule has 3 aromatic rings. The van der Waals surface area contributed by atoms with Crippen molar-refractivity contribution in [2.45, 2.75) is 11.5 Å². The number of hydrazone groups is 1. The number of rotatable bonds is 10. The number of hydrogen-bond acceptors (Lipinski definition) is 6. The third kappa shape index (κ3) is 7.96. The van der Waals surface area contributed by atoms with Crippen molar-refractivity contribution in [3.63, 3.8) is 0 Å². The molecule has 0 aromatic heterocycles. The molecule has 0 atom stereocenters. The van der Waals surface area contributed by atoms with Gasteiger partial charge in [-0.05, 0) is 53.1 Å². The molecule has 3 aromatic carbocycles. The zero-order valence-corrected chi connectivity index (χ0v) is 20.8. The minimum Gasteiger partial charge on any atom is -0.484 e. The average molecular weight is 504 g/mol. The Kier molecular flexibility index (Phi) is 9.53. The highest BCUT2D eigenvalue weighted by atomic mass is 32.2. The van der Waals surface area contributed by atoms with E-state index in [1.807, 2.05) is 66.4 Å². The van der Waals surface area contributed by atoms with Crippen molar-refractivity contribution in [2.24, 2.45) is 5.10 Å². The van der Waals surface area contributed by atoms with E-state index in [9.17, 15) is 9.59 Å². The van der Waals surface area contributed by atoms with Gasteiger partial charge in [-0.2, -0.15) is 16.9 Å². The van der Waals surface area contributed by atoms with Crippen molar-refractivity contribution in [1.82, 2.24) is 10.3 Å². The first-order valence-electron chi connectivity index (χ1n) is 11.8. The summed E-state index contributed by atoms with van der Waals surface area (Å²) in [4.78, 5) is 26.3. The summed E-state index contributed by atoms with van der Waals surface area (Å²) in [5.41, 5.74) is 6.38. The van der Waals surface area contributed by atoms with Gasteiger partial charge in [-0.1, -0.05) is 42.5 Å². The lowest BCUT2D eigenvalue weighted by Gasteiger charge is -2.26. The first kappa shape index (κ1) is 25.5. The molecule has 36 heavy (non-hydrogen) atoms. The lowest BCUT2D eigenvalue weighted by molar-refractivity contribution is -0.137. The van der Waals surface area contributed by atoms with E-state index in [0.29, 0.717) is 37.6 Å². The first-order valence-corrected chi connectivity index (χ1v) is 13.0. The van der Waals surface area contributed by atoms with Gasteiger partial charge >= 0.3 is 0 Å². The molecule has 1 N–H and O–H groups in total. The molecule has 1 fully saturated rings. The quantitative estimate of drug-likeness (QED) is 0.333. The summed E-state index contributed by atoms with van der Waals surface area (Å²) < 4.78 is 10.8. The van der Waals surface area contributed by atoms with Crippen molar-refractivity contribution < 1.29 is 19.1 Å². The van der Waals surface area contributed by atoms with Crippen LogP contribution in [0.2, 0.25) is 0 Å². The molecule has 1 aliphatic rings. The summed E-state index contributed by atoms with van der Waals surface area (Å²) in [5, 5.41) is 4.05. The van der Waals surface area contributed by atoms with Gasteiger partial charge in [-0.25, -0.2) is 5.43 Å². The molecular weight excluding hydrogens is 474 g/mol. The van der Waals surface area contributed by atoms with Gasteiger partial charge in [-0.15, -0.1) is 0 Å². The lowest BCUT2D eigenvalue weighted by atomic mass is 10.1. The number of benzene rings is 3. The van der Waals surface area contributed by atoms with Gasteiger partial charge in [-0.3, -0.25) is 9.59 Å². The van der Waals surface area contributed by atoms with E-state index < -0.39 is 0 Å². The van der Waals surface area contributed by atoms with Crippen molar-refractivity contribution >= 4 is 29.8 Å². The van der Waals surface area contributed by atoms with Crippen LogP contribution in [-0.2, 0) is 21.0 Å². The molecule has 0 saturated carbocycles. The maximum absolute atomic E-state index is 12.4. The number of morpholine rings is 1. The summed E-state index contributed by atoms with van der Waals surface area (Å²) in [7, 11) is 0. The number of carbonyl (C=O) groups is 2. The minimum atomic E-state index is -0.267. The van der Waals surface area contributed by atoms with Crippen LogP contribution in [0.4, 0.5) is 0 Å². The van der Waals surface area contributed by atoms with Gasteiger partial charge in [0.25, 0.3) is 11.8 Å². The summed E-state index contributed by atoms with van der Waals surface area (Å²) in [5.74, 6) is 2.12. The average Bonchev–Trinajstić information content (AvgIpc) is 2.94. The number of nitrogens with zero attached hydrogens (tertiary/aromatic N) is 2. The summed E-state index contributed by atoms with van der Waals surface area (Å²) in [6, 6.07) is 25.1. The number of nitrogens with one attached hydrogen (secondary N) is 1. The molecule has 0 radical (unpaired) electrons.